The fraction of sp³-hybridized carbons (Fsp3) is 0.235. The molecule has 2 N–H and O–H groups in total. The molecule has 4 heteroatoms. The van der Waals surface area contributed by atoms with Gasteiger partial charge < -0.3 is 10.6 Å². The van der Waals surface area contributed by atoms with E-state index in [4.69, 9.17) is 5.73 Å². The van der Waals surface area contributed by atoms with Gasteiger partial charge in [0, 0.05) is 18.0 Å². The Kier molecular flexibility index (Phi) is 3.04. The number of thiophene rings is 1. The number of para-hydroxylation sites is 1. The first kappa shape index (κ1) is 12.7. The van der Waals surface area contributed by atoms with Crippen molar-refractivity contribution in [3.05, 3.63) is 52.9 Å². The summed E-state index contributed by atoms with van der Waals surface area (Å²) in [5.74, 6) is 0. The van der Waals surface area contributed by atoms with Gasteiger partial charge in [0.05, 0.1) is 23.1 Å². The number of anilines is 2. The van der Waals surface area contributed by atoms with Crippen LogP contribution in [0.3, 0.4) is 0 Å². The van der Waals surface area contributed by atoms with Crippen molar-refractivity contribution in [1.82, 2.24) is 4.98 Å². The Hall–Kier alpha value is -2.07. The zero-order valence-electron chi connectivity index (χ0n) is 11.7. The summed E-state index contributed by atoms with van der Waals surface area (Å²) in [6, 6.07) is 11.1. The summed E-state index contributed by atoms with van der Waals surface area (Å²) in [6.45, 7) is 0.923. The number of hydrogen-bond donors (Lipinski definition) is 1. The van der Waals surface area contributed by atoms with Crippen LogP contribution >= 0.6 is 11.3 Å². The van der Waals surface area contributed by atoms with Crippen LogP contribution in [0.2, 0.25) is 0 Å². The van der Waals surface area contributed by atoms with Crippen molar-refractivity contribution in [1.29, 1.82) is 0 Å². The second-order valence-electron chi connectivity index (χ2n) is 5.57. The van der Waals surface area contributed by atoms with Gasteiger partial charge >= 0.3 is 0 Å². The number of nitrogens with two attached hydrogens (primary N) is 1. The largest absolute Gasteiger partial charge is 0.396 e. The SMILES string of the molecule is Nc1cnc2ccccc2c1N(Cc1ccsc1)C1CC1. The lowest BCUT2D eigenvalue weighted by atomic mass is 10.1. The van der Waals surface area contributed by atoms with E-state index < -0.39 is 0 Å². The molecule has 0 radical (unpaired) electrons. The van der Waals surface area contributed by atoms with E-state index in [9.17, 15) is 0 Å². The Balaban J connectivity index is 1.83. The van der Waals surface area contributed by atoms with E-state index in [0.29, 0.717) is 6.04 Å². The van der Waals surface area contributed by atoms with Gasteiger partial charge in [-0.1, -0.05) is 18.2 Å². The third kappa shape index (κ3) is 2.36. The van der Waals surface area contributed by atoms with Crippen LogP contribution in [0.15, 0.2) is 47.3 Å². The van der Waals surface area contributed by atoms with Gasteiger partial charge in [-0.25, -0.2) is 0 Å². The first-order chi connectivity index (χ1) is 10.3. The molecule has 1 aliphatic carbocycles. The van der Waals surface area contributed by atoms with Crippen LogP contribution in [0.4, 0.5) is 11.4 Å². The van der Waals surface area contributed by atoms with Gasteiger partial charge in [-0.05, 0) is 41.3 Å². The average Bonchev–Trinajstić information content (AvgIpc) is 3.23. The highest BCUT2D eigenvalue weighted by Crippen LogP contribution is 2.39. The van der Waals surface area contributed by atoms with Crippen LogP contribution in [0.25, 0.3) is 10.9 Å². The molecule has 2 aromatic heterocycles. The van der Waals surface area contributed by atoms with Gasteiger partial charge in [0.25, 0.3) is 0 Å². The fourth-order valence-electron chi connectivity index (χ4n) is 2.82. The molecule has 21 heavy (non-hydrogen) atoms. The monoisotopic (exact) mass is 295 g/mol. The first-order valence-electron chi connectivity index (χ1n) is 7.24. The van der Waals surface area contributed by atoms with Gasteiger partial charge in [0.1, 0.15) is 0 Å². The molecular formula is C17H17N3S. The van der Waals surface area contributed by atoms with Gasteiger partial charge in [-0.15, -0.1) is 0 Å². The van der Waals surface area contributed by atoms with Crippen molar-refractivity contribution in [2.75, 3.05) is 10.6 Å². The van der Waals surface area contributed by atoms with Crippen LogP contribution in [0, 0.1) is 0 Å². The summed E-state index contributed by atoms with van der Waals surface area (Å²) in [5.41, 5.74) is 10.6. The Bertz CT molecular complexity index is 763. The predicted molar refractivity (Wildman–Crippen MR) is 89.7 cm³/mol. The molecular weight excluding hydrogens is 278 g/mol. The third-order valence-corrected chi connectivity index (χ3v) is 4.72. The van der Waals surface area contributed by atoms with E-state index in [1.54, 1.807) is 17.5 Å². The topological polar surface area (TPSA) is 42.1 Å². The Morgan fingerprint density at radius 1 is 1.24 bits per heavy atom. The summed E-state index contributed by atoms with van der Waals surface area (Å²) >= 11 is 1.75. The van der Waals surface area contributed by atoms with Crippen LogP contribution < -0.4 is 10.6 Å². The van der Waals surface area contributed by atoms with Crippen molar-refractivity contribution >= 4 is 33.6 Å². The molecule has 1 fully saturated rings. The van der Waals surface area contributed by atoms with E-state index in [2.05, 4.69) is 38.8 Å². The van der Waals surface area contributed by atoms with Crippen molar-refractivity contribution in [2.45, 2.75) is 25.4 Å². The Labute approximate surface area is 128 Å². The molecule has 1 saturated carbocycles. The van der Waals surface area contributed by atoms with Gasteiger partial charge in [-0.3, -0.25) is 4.98 Å². The average molecular weight is 295 g/mol. The zero-order chi connectivity index (χ0) is 14.2. The lowest BCUT2D eigenvalue weighted by Crippen LogP contribution is -2.26. The summed E-state index contributed by atoms with van der Waals surface area (Å²) in [5, 5.41) is 5.50. The molecule has 1 aromatic carbocycles. The Morgan fingerprint density at radius 2 is 2.10 bits per heavy atom. The van der Waals surface area contributed by atoms with Crippen LogP contribution in [-0.2, 0) is 6.54 Å². The second kappa shape index (κ2) is 5.04. The molecule has 0 unspecified atom stereocenters. The standard InChI is InChI=1S/C17H17N3S/c18-15-9-19-16-4-2-1-3-14(16)17(15)20(13-5-6-13)10-12-7-8-21-11-12/h1-4,7-9,11,13H,5-6,10,18H2. The highest BCUT2D eigenvalue weighted by molar-refractivity contribution is 7.07. The van der Waals surface area contributed by atoms with Crippen molar-refractivity contribution in [2.24, 2.45) is 0 Å². The molecule has 2 heterocycles. The normalized spacial score (nSPS) is 14.5. The maximum Gasteiger partial charge on any atom is 0.0745 e. The number of nitrogen functional groups attached to an aromatic ring is 1. The maximum atomic E-state index is 6.28. The maximum absolute atomic E-state index is 6.28. The summed E-state index contributed by atoms with van der Waals surface area (Å²) < 4.78 is 0. The van der Waals surface area contributed by atoms with E-state index in [0.717, 1.165) is 28.8 Å². The lowest BCUT2D eigenvalue weighted by Gasteiger charge is -2.27. The van der Waals surface area contributed by atoms with Gasteiger partial charge in [-0.2, -0.15) is 11.3 Å². The van der Waals surface area contributed by atoms with E-state index >= 15 is 0 Å². The number of benzene rings is 1. The second-order valence-corrected chi connectivity index (χ2v) is 6.35. The predicted octanol–water partition coefficient (Wildman–Crippen LogP) is 4.05. The van der Waals surface area contributed by atoms with Gasteiger partial charge in [0.15, 0.2) is 0 Å². The molecule has 0 saturated heterocycles. The highest BCUT2D eigenvalue weighted by Gasteiger charge is 2.31. The van der Waals surface area contributed by atoms with Crippen molar-refractivity contribution < 1.29 is 0 Å². The van der Waals surface area contributed by atoms with Gasteiger partial charge in [0.2, 0.25) is 0 Å². The van der Waals surface area contributed by atoms with E-state index in [1.807, 2.05) is 12.1 Å². The molecule has 0 aliphatic heterocycles. The first-order valence-corrected chi connectivity index (χ1v) is 8.18. The highest BCUT2D eigenvalue weighted by atomic mass is 32.1. The van der Waals surface area contributed by atoms with Crippen molar-refractivity contribution in [3.63, 3.8) is 0 Å². The number of aromatic nitrogens is 1. The number of rotatable bonds is 4. The van der Waals surface area contributed by atoms with Crippen molar-refractivity contribution in [3.8, 4) is 0 Å². The minimum absolute atomic E-state index is 0.609. The fourth-order valence-corrected chi connectivity index (χ4v) is 3.48. The molecule has 1 aliphatic rings. The minimum atomic E-state index is 0.609. The van der Waals surface area contributed by atoms with Crippen LogP contribution in [0.5, 0.6) is 0 Å². The van der Waals surface area contributed by atoms with Crippen LogP contribution in [0.1, 0.15) is 18.4 Å². The Morgan fingerprint density at radius 3 is 2.86 bits per heavy atom. The van der Waals surface area contributed by atoms with E-state index in [1.165, 1.54) is 18.4 Å². The van der Waals surface area contributed by atoms with Crippen LogP contribution in [-0.4, -0.2) is 11.0 Å². The molecule has 0 atom stereocenters. The van der Waals surface area contributed by atoms with E-state index in [-0.39, 0.29) is 0 Å². The third-order valence-electron chi connectivity index (χ3n) is 3.98. The molecule has 0 spiro atoms. The number of hydrogen-bond acceptors (Lipinski definition) is 4. The summed E-state index contributed by atoms with van der Waals surface area (Å²) in [4.78, 5) is 6.91. The number of pyridine rings is 1. The number of nitrogens with zero attached hydrogens (tertiary/aromatic N) is 2. The lowest BCUT2D eigenvalue weighted by molar-refractivity contribution is 0.801. The molecule has 0 bridgehead atoms. The molecule has 4 rings (SSSR count). The quantitative estimate of drug-likeness (QED) is 0.789. The summed E-state index contributed by atoms with van der Waals surface area (Å²) in [6.07, 6.45) is 4.29. The summed E-state index contributed by atoms with van der Waals surface area (Å²) in [7, 11) is 0. The zero-order valence-corrected chi connectivity index (χ0v) is 12.5. The molecule has 0 amide bonds. The smallest absolute Gasteiger partial charge is 0.0745 e. The molecule has 3 aromatic rings. The molecule has 106 valence electrons. The number of fused-ring (bicyclic) bond motifs is 1. The molecule has 3 nitrogen and oxygen atoms in total. The minimum Gasteiger partial charge on any atom is -0.396 e.